The quantitative estimate of drug-likeness (QED) is 0.0819. The molecule has 0 unspecified atom stereocenters. The summed E-state index contributed by atoms with van der Waals surface area (Å²) < 4.78 is 39.3. The van der Waals surface area contributed by atoms with Crippen LogP contribution in [0.5, 0.6) is 5.88 Å². The second-order valence-corrected chi connectivity index (χ2v) is 14.3. The zero-order valence-corrected chi connectivity index (χ0v) is 27.0. The maximum atomic E-state index is 13.5. The SMILES string of the molecule is CCCCOC(=O)CS(=O)(=O)c1sc(CC(C)C)cc1-c1ccc(Cn2c(-c3ccccc3)nc(OC)c2C=O)c(Cl)c1. The molecule has 0 saturated heterocycles. The first-order valence-electron chi connectivity index (χ1n) is 14.0. The Hall–Kier alpha value is -3.47. The number of carbonyl (C=O) groups excluding carboxylic acids is 2. The number of aromatic nitrogens is 2. The van der Waals surface area contributed by atoms with Crippen molar-refractivity contribution in [2.45, 2.75) is 50.8 Å². The third kappa shape index (κ3) is 7.74. The molecule has 0 radical (unpaired) electrons. The van der Waals surface area contributed by atoms with Crippen LogP contribution in [0.4, 0.5) is 0 Å². The number of thiophene rings is 1. The number of methoxy groups -OCH3 is 1. The van der Waals surface area contributed by atoms with E-state index in [9.17, 15) is 18.0 Å². The van der Waals surface area contributed by atoms with Gasteiger partial charge in [0.05, 0.1) is 20.3 Å². The maximum Gasteiger partial charge on any atom is 0.321 e. The molecule has 43 heavy (non-hydrogen) atoms. The average Bonchev–Trinajstić information content (AvgIpc) is 3.55. The molecule has 0 fully saturated rings. The summed E-state index contributed by atoms with van der Waals surface area (Å²) in [6.07, 6.45) is 2.90. The number of carbonyl (C=O) groups is 2. The van der Waals surface area contributed by atoms with E-state index in [1.165, 1.54) is 18.4 Å². The predicted molar refractivity (Wildman–Crippen MR) is 170 cm³/mol. The minimum absolute atomic E-state index is 0.119. The van der Waals surface area contributed by atoms with Crippen LogP contribution in [0.25, 0.3) is 22.5 Å². The van der Waals surface area contributed by atoms with E-state index in [2.05, 4.69) is 18.8 Å². The Morgan fingerprint density at radius 3 is 2.49 bits per heavy atom. The molecular formula is C32H35ClN2O6S2. The molecule has 0 spiro atoms. The van der Waals surface area contributed by atoms with Crippen molar-refractivity contribution in [2.24, 2.45) is 5.92 Å². The van der Waals surface area contributed by atoms with Gasteiger partial charge in [-0.2, -0.15) is 4.98 Å². The van der Waals surface area contributed by atoms with Gasteiger partial charge in [-0.05, 0) is 42.0 Å². The Bertz CT molecular complexity index is 1690. The molecule has 0 atom stereocenters. The summed E-state index contributed by atoms with van der Waals surface area (Å²) in [7, 11) is -2.51. The van der Waals surface area contributed by atoms with Gasteiger partial charge >= 0.3 is 5.97 Å². The first kappa shape index (κ1) is 32.4. The van der Waals surface area contributed by atoms with Crippen LogP contribution in [-0.2, 0) is 32.3 Å². The van der Waals surface area contributed by atoms with Crippen molar-refractivity contribution in [2.75, 3.05) is 19.5 Å². The van der Waals surface area contributed by atoms with Crippen LogP contribution < -0.4 is 4.74 Å². The molecule has 0 saturated carbocycles. The van der Waals surface area contributed by atoms with Crippen molar-refractivity contribution >= 4 is 45.0 Å². The van der Waals surface area contributed by atoms with Gasteiger partial charge in [-0.3, -0.25) is 9.59 Å². The fraction of sp³-hybridized carbons (Fsp3) is 0.344. The first-order valence-corrected chi connectivity index (χ1v) is 16.9. The van der Waals surface area contributed by atoms with Gasteiger partial charge in [0.2, 0.25) is 5.88 Å². The largest absolute Gasteiger partial charge is 0.479 e. The first-order chi connectivity index (χ1) is 20.6. The monoisotopic (exact) mass is 642 g/mol. The third-order valence-electron chi connectivity index (χ3n) is 6.71. The van der Waals surface area contributed by atoms with E-state index in [4.69, 9.17) is 21.1 Å². The number of ether oxygens (including phenoxy) is 2. The van der Waals surface area contributed by atoms with Crippen LogP contribution in [0, 0.1) is 5.92 Å². The summed E-state index contributed by atoms with van der Waals surface area (Å²) in [5.41, 5.74) is 2.89. The van der Waals surface area contributed by atoms with Gasteiger partial charge < -0.3 is 14.0 Å². The van der Waals surface area contributed by atoms with Crippen LogP contribution in [0.15, 0.2) is 58.8 Å². The average molecular weight is 643 g/mol. The second-order valence-electron chi connectivity index (χ2n) is 10.6. The summed E-state index contributed by atoms with van der Waals surface area (Å²) >= 11 is 7.98. The smallest absolute Gasteiger partial charge is 0.321 e. The molecule has 0 amide bonds. The number of hydrogen-bond acceptors (Lipinski definition) is 8. The maximum absolute atomic E-state index is 13.5. The molecule has 2 aromatic heterocycles. The molecule has 0 aliphatic carbocycles. The van der Waals surface area contributed by atoms with Crippen LogP contribution in [0.1, 0.15) is 54.5 Å². The topological polar surface area (TPSA) is 105 Å². The number of nitrogens with zero attached hydrogens (tertiary/aromatic N) is 2. The molecule has 11 heteroatoms. The number of hydrogen-bond donors (Lipinski definition) is 0. The number of rotatable bonds is 14. The molecule has 0 bridgehead atoms. The molecule has 8 nitrogen and oxygen atoms in total. The van der Waals surface area contributed by atoms with Gasteiger partial charge in [0, 0.05) is 21.0 Å². The van der Waals surface area contributed by atoms with Gasteiger partial charge in [0.15, 0.2) is 21.9 Å². The number of imidazole rings is 1. The van der Waals surface area contributed by atoms with Gasteiger partial charge in [-0.25, -0.2) is 8.42 Å². The highest BCUT2D eigenvalue weighted by molar-refractivity contribution is 7.94. The van der Waals surface area contributed by atoms with Crippen LogP contribution in [0.3, 0.4) is 0 Å². The number of aldehydes is 1. The van der Waals surface area contributed by atoms with E-state index in [1.54, 1.807) is 16.7 Å². The van der Waals surface area contributed by atoms with Crippen molar-refractivity contribution in [1.82, 2.24) is 9.55 Å². The van der Waals surface area contributed by atoms with Crippen molar-refractivity contribution in [1.29, 1.82) is 0 Å². The zero-order valence-electron chi connectivity index (χ0n) is 24.6. The summed E-state index contributed by atoms with van der Waals surface area (Å²) in [6, 6.07) is 16.6. The second kappa shape index (κ2) is 14.3. The molecule has 4 rings (SSSR count). The van der Waals surface area contributed by atoms with E-state index in [0.717, 1.165) is 16.9 Å². The lowest BCUT2D eigenvalue weighted by molar-refractivity contribution is -0.140. The highest BCUT2D eigenvalue weighted by Crippen LogP contribution is 2.39. The van der Waals surface area contributed by atoms with Crippen LogP contribution >= 0.6 is 22.9 Å². The van der Waals surface area contributed by atoms with Gasteiger partial charge in [0.1, 0.15) is 15.7 Å². The number of sulfone groups is 1. The standard InChI is InChI=1S/C32H35ClN2O6S2/c1-5-6-14-41-29(37)20-43(38,39)32-26(17-25(42-32)15-21(2)3)23-12-13-24(27(33)16-23)18-35-28(19-36)31(40-4)34-30(35)22-10-8-7-9-11-22/h7-13,16-17,19,21H,5-6,14-15,18,20H2,1-4H3. The highest BCUT2D eigenvalue weighted by atomic mass is 35.5. The number of esters is 1. The van der Waals surface area contributed by atoms with Crippen LogP contribution in [0.2, 0.25) is 5.02 Å². The molecule has 0 aliphatic heterocycles. The fourth-order valence-corrected chi connectivity index (χ4v) is 8.04. The lowest BCUT2D eigenvalue weighted by atomic mass is 10.0. The molecule has 0 aliphatic rings. The minimum Gasteiger partial charge on any atom is -0.479 e. The fourth-order valence-electron chi connectivity index (χ4n) is 4.64. The highest BCUT2D eigenvalue weighted by Gasteiger charge is 2.28. The predicted octanol–water partition coefficient (Wildman–Crippen LogP) is 7.12. The Morgan fingerprint density at radius 2 is 1.86 bits per heavy atom. The lowest BCUT2D eigenvalue weighted by Gasteiger charge is -2.13. The van der Waals surface area contributed by atoms with Gasteiger partial charge in [0.25, 0.3) is 0 Å². The van der Waals surface area contributed by atoms with E-state index >= 15 is 0 Å². The van der Waals surface area contributed by atoms with E-state index in [0.29, 0.717) is 52.6 Å². The molecule has 0 N–H and O–H groups in total. The summed E-state index contributed by atoms with van der Waals surface area (Å²) in [4.78, 5) is 29.9. The summed E-state index contributed by atoms with van der Waals surface area (Å²) in [5.74, 6) is -0.417. The lowest BCUT2D eigenvalue weighted by Crippen LogP contribution is -2.19. The summed E-state index contributed by atoms with van der Waals surface area (Å²) in [6.45, 7) is 6.51. The Labute approximate surface area is 261 Å². The number of unbranched alkanes of at least 4 members (excludes halogenated alkanes) is 1. The molecule has 2 aromatic carbocycles. The number of halogens is 1. The molecule has 228 valence electrons. The van der Waals surface area contributed by atoms with Crippen molar-refractivity contribution < 1.29 is 27.5 Å². The normalized spacial score (nSPS) is 11.6. The Morgan fingerprint density at radius 1 is 1.12 bits per heavy atom. The Balaban J connectivity index is 1.71. The molecule has 2 heterocycles. The molecule has 4 aromatic rings. The van der Waals surface area contributed by atoms with E-state index < -0.39 is 21.6 Å². The van der Waals surface area contributed by atoms with Crippen molar-refractivity contribution in [3.05, 3.63) is 75.8 Å². The van der Waals surface area contributed by atoms with E-state index in [1.807, 2.05) is 49.4 Å². The van der Waals surface area contributed by atoms with E-state index in [-0.39, 0.29) is 28.9 Å². The zero-order chi connectivity index (χ0) is 31.1. The van der Waals surface area contributed by atoms with Crippen molar-refractivity contribution in [3.8, 4) is 28.4 Å². The van der Waals surface area contributed by atoms with Gasteiger partial charge in [-0.15, -0.1) is 11.3 Å². The number of benzene rings is 2. The van der Waals surface area contributed by atoms with Crippen molar-refractivity contribution in [3.63, 3.8) is 0 Å². The Kier molecular flexibility index (Phi) is 10.8. The minimum atomic E-state index is -3.97. The van der Waals surface area contributed by atoms with Crippen LogP contribution in [-0.4, -0.2) is 49.7 Å². The summed E-state index contributed by atoms with van der Waals surface area (Å²) in [5, 5.41) is 0.389. The third-order valence-corrected chi connectivity index (χ3v) is 10.4. The molecular weight excluding hydrogens is 608 g/mol. The van der Waals surface area contributed by atoms with Gasteiger partial charge in [-0.1, -0.05) is 81.3 Å².